The number of hydrogen-bond donors (Lipinski definition) is 0. The molecule has 0 heterocycles. The van der Waals surface area contributed by atoms with Gasteiger partial charge in [-0.25, -0.2) is 12.7 Å². The molecule has 0 aliphatic carbocycles. The van der Waals surface area contributed by atoms with Crippen molar-refractivity contribution < 1.29 is 22.0 Å². The lowest BCUT2D eigenvalue weighted by Gasteiger charge is -2.29. The summed E-state index contributed by atoms with van der Waals surface area (Å²) in [4.78, 5) is 0.0598. The SMILES string of the molecule is CCOP(=O)(OCC)C(=C=C(C)C)N(c1ccccc1)S(=O)(=O)c1ccc(C)cc1. The van der Waals surface area contributed by atoms with E-state index in [2.05, 4.69) is 5.73 Å². The number of aryl methyl sites for hydroxylation is 1. The van der Waals surface area contributed by atoms with Crippen molar-refractivity contribution in [2.24, 2.45) is 0 Å². The van der Waals surface area contributed by atoms with Gasteiger partial charge in [-0.2, -0.15) is 0 Å². The fourth-order valence-corrected chi connectivity index (χ4v) is 6.39. The summed E-state index contributed by atoms with van der Waals surface area (Å²) in [6.07, 6.45) is 0. The van der Waals surface area contributed by atoms with E-state index in [9.17, 15) is 13.0 Å². The highest BCUT2D eigenvalue weighted by molar-refractivity contribution is 7.93. The van der Waals surface area contributed by atoms with Gasteiger partial charge in [0.15, 0.2) is 5.44 Å². The molecule has 2 aromatic rings. The molecular weight excluding hydrogens is 421 g/mol. The molecule has 0 saturated carbocycles. The van der Waals surface area contributed by atoms with Crippen molar-refractivity contribution in [3.05, 3.63) is 76.9 Å². The molecule has 0 atom stereocenters. The number of para-hydroxylation sites is 1. The summed E-state index contributed by atoms with van der Waals surface area (Å²) in [6, 6.07) is 14.9. The van der Waals surface area contributed by atoms with Crippen LogP contribution in [0.1, 0.15) is 33.3 Å². The van der Waals surface area contributed by atoms with Crippen molar-refractivity contribution in [3.63, 3.8) is 0 Å². The van der Waals surface area contributed by atoms with Crippen molar-refractivity contribution in [2.45, 2.75) is 39.5 Å². The molecule has 8 heteroatoms. The second-order valence-corrected chi connectivity index (χ2v) is 10.4. The Morgan fingerprint density at radius 3 is 1.97 bits per heavy atom. The maximum atomic E-state index is 13.7. The molecule has 0 N–H and O–H groups in total. The van der Waals surface area contributed by atoms with Crippen LogP contribution >= 0.6 is 7.60 Å². The molecule has 0 fully saturated rings. The lowest BCUT2D eigenvalue weighted by atomic mass is 10.2. The highest BCUT2D eigenvalue weighted by Gasteiger charge is 2.41. The number of anilines is 1. The Labute approximate surface area is 179 Å². The quantitative estimate of drug-likeness (QED) is 0.354. The predicted molar refractivity (Wildman–Crippen MR) is 120 cm³/mol. The molecule has 6 nitrogen and oxygen atoms in total. The molecule has 0 saturated heterocycles. The van der Waals surface area contributed by atoms with Gasteiger partial charge in [0.05, 0.1) is 23.8 Å². The fraction of sp³-hybridized carbons (Fsp3) is 0.318. The lowest BCUT2D eigenvalue weighted by molar-refractivity contribution is 0.226. The van der Waals surface area contributed by atoms with E-state index in [1.807, 2.05) is 6.92 Å². The van der Waals surface area contributed by atoms with Crippen LogP contribution in [0.2, 0.25) is 0 Å². The van der Waals surface area contributed by atoms with Crippen LogP contribution in [-0.2, 0) is 23.6 Å². The topological polar surface area (TPSA) is 72.9 Å². The van der Waals surface area contributed by atoms with Crippen molar-refractivity contribution in [3.8, 4) is 0 Å². The Balaban J connectivity index is 2.88. The zero-order valence-corrected chi connectivity index (χ0v) is 19.7. The number of allylic oxidation sites excluding steroid dienone is 1. The first kappa shape index (κ1) is 24.1. The Hall–Kier alpha value is -2.14. The second-order valence-electron chi connectivity index (χ2n) is 6.70. The molecule has 0 amide bonds. The molecule has 0 aliphatic rings. The fourth-order valence-electron chi connectivity index (χ4n) is 2.71. The van der Waals surface area contributed by atoms with Gasteiger partial charge in [-0.15, -0.1) is 0 Å². The number of benzene rings is 2. The molecule has 0 aliphatic heterocycles. The van der Waals surface area contributed by atoms with Gasteiger partial charge in [0.25, 0.3) is 10.0 Å². The Kier molecular flexibility index (Phi) is 8.25. The van der Waals surface area contributed by atoms with E-state index in [1.165, 1.54) is 12.1 Å². The van der Waals surface area contributed by atoms with E-state index in [0.29, 0.717) is 11.3 Å². The Bertz CT molecular complexity index is 1060. The first-order valence-corrected chi connectivity index (χ1v) is 12.6. The molecular formula is C22H28NO5PS. The predicted octanol–water partition coefficient (Wildman–Crippen LogP) is 5.86. The van der Waals surface area contributed by atoms with E-state index in [4.69, 9.17) is 9.05 Å². The van der Waals surface area contributed by atoms with Gasteiger partial charge in [-0.3, -0.25) is 4.57 Å². The molecule has 2 rings (SSSR count). The van der Waals surface area contributed by atoms with Crippen molar-refractivity contribution in [2.75, 3.05) is 17.5 Å². The van der Waals surface area contributed by atoms with Gasteiger partial charge in [0.1, 0.15) is 0 Å². The number of rotatable bonds is 9. The first-order chi connectivity index (χ1) is 14.2. The summed E-state index contributed by atoms with van der Waals surface area (Å²) in [7, 11) is -8.15. The minimum atomic E-state index is -4.15. The highest BCUT2D eigenvalue weighted by atomic mass is 32.2. The van der Waals surface area contributed by atoms with Gasteiger partial charge in [0, 0.05) is 0 Å². The molecule has 2 aromatic carbocycles. The van der Waals surface area contributed by atoms with Gasteiger partial charge in [0.2, 0.25) is 0 Å². The standard InChI is InChI=1S/C22H28NO5PS/c1-6-27-29(24,28-7-2)22(17-18(3)4)23(20-11-9-8-10-12-20)30(25,26)21-15-13-19(5)14-16-21/h8-16H,6-7H2,1-5H3. The zero-order chi connectivity index (χ0) is 22.4. The van der Waals surface area contributed by atoms with Crippen LogP contribution < -0.4 is 4.31 Å². The van der Waals surface area contributed by atoms with Gasteiger partial charge in [-0.1, -0.05) is 41.6 Å². The van der Waals surface area contributed by atoms with Gasteiger partial charge in [-0.05, 0) is 64.5 Å². The largest absolute Gasteiger partial charge is 0.386 e. The third kappa shape index (κ3) is 5.51. The van der Waals surface area contributed by atoms with E-state index >= 15 is 0 Å². The molecule has 162 valence electrons. The van der Waals surface area contributed by atoms with Crippen LogP contribution in [0.25, 0.3) is 0 Å². The zero-order valence-electron chi connectivity index (χ0n) is 18.0. The summed E-state index contributed by atoms with van der Waals surface area (Å²) in [6.45, 7) is 8.86. The molecule has 0 radical (unpaired) electrons. The monoisotopic (exact) mass is 449 g/mol. The van der Waals surface area contributed by atoms with E-state index < -0.39 is 17.6 Å². The third-order valence-electron chi connectivity index (χ3n) is 3.96. The maximum Gasteiger partial charge on any atom is 0.386 e. The van der Waals surface area contributed by atoms with Gasteiger partial charge < -0.3 is 9.05 Å². The summed E-state index contributed by atoms with van der Waals surface area (Å²) < 4.78 is 53.2. The van der Waals surface area contributed by atoms with Gasteiger partial charge >= 0.3 is 7.60 Å². The normalized spacial score (nSPS) is 11.6. The van der Waals surface area contributed by atoms with E-state index in [-0.39, 0.29) is 23.5 Å². The number of sulfonamides is 1. The van der Waals surface area contributed by atoms with Crippen LogP contribution in [0, 0.1) is 6.92 Å². The molecule has 0 unspecified atom stereocenters. The first-order valence-electron chi connectivity index (χ1n) is 9.66. The molecule has 0 aromatic heterocycles. The molecule has 0 bridgehead atoms. The van der Waals surface area contributed by atoms with Crippen LogP contribution in [0.15, 0.2) is 76.2 Å². The van der Waals surface area contributed by atoms with E-state index in [0.717, 1.165) is 9.87 Å². The van der Waals surface area contributed by atoms with Crippen molar-refractivity contribution >= 4 is 23.3 Å². The second kappa shape index (κ2) is 10.3. The maximum absolute atomic E-state index is 13.7. The third-order valence-corrected chi connectivity index (χ3v) is 7.87. The lowest BCUT2D eigenvalue weighted by Crippen LogP contribution is -2.31. The highest BCUT2D eigenvalue weighted by Crippen LogP contribution is 2.58. The summed E-state index contributed by atoms with van der Waals surface area (Å²) in [5.41, 5.74) is 4.64. The van der Waals surface area contributed by atoms with Crippen LogP contribution in [0.3, 0.4) is 0 Å². The van der Waals surface area contributed by atoms with Crippen molar-refractivity contribution in [1.82, 2.24) is 0 Å². The van der Waals surface area contributed by atoms with Crippen molar-refractivity contribution in [1.29, 1.82) is 0 Å². The summed E-state index contributed by atoms with van der Waals surface area (Å²) in [5, 5.41) is 0. The average Bonchev–Trinajstić information content (AvgIpc) is 2.68. The van der Waals surface area contributed by atoms with Crippen LogP contribution in [-0.4, -0.2) is 21.6 Å². The molecule has 30 heavy (non-hydrogen) atoms. The summed E-state index contributed by atoms with van der Waals surface area (Å²) in [5.74, 6) is 0. The number of hydrogen-bond acceptors (Lipinski definition) is 5. The smallest absolute Gasteiger partial charge is 0.304 e. The minimum Gasteiger partial charge on any atom is -0.304 e. The average molecular weight is 450 g/mol. The minimum absolute atomic E-state index is 0.0598. The summed E-state index contributed by atoms with van der Waals surface area (Å²) >= 11 is 0. The van der Waals surface area contributed by atoms with Crippen LogP contribution in [0.4, 0.5) is 5.69 Å². The molecule has 0 spiro atoms. The Morgan fingerprint density at radius 2 is 1.50 bits per heavy atom. The Morgan fingerprint density at radius 1 is 0.967 bits per heavy atom. The van der Waals surface area contributed by atoms with E-state index in [1.54, 1.807) is 70.2 Å². The van der Waals surface area contributed by atoms with Crippen LogP contribution in [0.5, 0.6) is 0 Å². The number of nitrogens with zero attached hydrogens (tertiary/aromatic N) is 1.